The van der Waals surface area contributed by atoms with Crippen LogP contribution in [-0.2, 0) is 16.6 Å². The number of fused-ring (bicyclic) bond motifs is 1. The Labute approximate surface area is 207 Å². The highest BCUT2D eigenvalue weighted by molar-refractivity contribution is 7.92. The Kier molecular flexibility index (Phi) is 7.02. The summed E-state index contributed by atoms with van der Waals surface area (Å²) in [6.45, 7) is 1.71. The summed E-state index contributed by atoms with van der Waals surface area (Å²) in [5.74, 6) is -1.06. The molecule has 0 spiro atoms. The normalized spacial score (nSPS) is 15.4. The van der Waals surface area contributed by atoms with Gasteiger partial charge in [0.2, 0.25) is 0 Å². The Balaban J connectivity index is 1.76. The third kappa shape index (κ3) is 4.71. The van der Waals surface area contributed by atoms with E-state index in [-0.39, 0.29) is 34.4 Å². The smallest absolute Gasteiger partial charge is 0.265 e. The number of nitrogens with two attached hydrogens (primary N) is 1. The van der Waals surface area contributed by atoms with Gasteiger partial charge in [-0.05, 0) is 54.5 Å². The van der Waals surface area contributed by atoms with Gasteiger partial charge in [-0.25, -0.2) is 17.2 Å². The number of benzene rings is 3. The predicted octanol–water partition coefficient (Wildman–Crippen LogP) is 5.15. The average molecular weight is 521 g/mol. The van der Waals surface area contributed by atoms with Crippen molar-refractivity contribution in [2.24, 2.45) is 5.73 Å². The largest absolute Gasteiger partial charge is 0.494 e. The topological polar surface area (TPSA) is 81.9 Å². The zero-order chi connectivity index (χ0) is 25.3. The minimum absolute atomic E-state index is 0.142. The predicted molar refractivity (Wildman–Crippen MR) is 131 cm³/mol. The molecule has 184 valence electrons. The Morgan fingerprint density at radius 1 is 1.09 bits per heavy atom. The lowest BCUT2D eigenvalue weighted by Crippen LogP contribution is -2.43. The summed E-state index contributed by atoms with van der Waals surface area (Å²) in [5.41, 5.74) is 7.73. The molecule has 0 saturated carbocycles. The number of hydrogen-bond acceptors (Lipinski definition) is 5. The SMILES string of the molecule is COc1cc(S(=O)(=O)N2c3cc(OCc4c(F)cccc4Cl)ccc3C=C(CN)C2C)ccc1F. The first-order valence-corrected chi connectivity index (χ1v) is 12.5. The molecule has 1 aliphatic rings. The van der Waals surface area contributed by atoms with E-state index in [1.807, 2.05) is 6.08 Å². The van der Waals surface area contributed by atoms with Crippen LogP contribution in [0.5, 0.6) is 11.5 Å². The first-order valence-electron chi connectivity index (χ1n) is 10.7. The van der Waals surface area contributed by atoms with Crippen LogP contribution < -0.4 is 19.5 Å². The van der Waals surface area contributed by atoms with Gasteiger partial charge < -0.3 is 15.2 Å². The van der Waals surface area contributed by atoms with Crippen molar-refractivity contribution in [2.75, 3.05) is 18.0 Å². The zero-order valence-corrected chi connectivity index (χ0v) is 20.5. The highest BCUT2D eigenvalue weighted by Crippen LogP contribution is 2.39. The standard InChI is InChI=1S/C25H23ClF2N2O4S/c1-15-17(13-29)10-16-6-7-18(34-14-20-21(26)4-3-5-22(20)27)11-24(16)30(15)35(31,32)19-8-9-23(28)25(12-19)33-2/h3-12,15H,13-14,29H2,1-2H3. The number of anilines is 1. The van der Waals surface area contributed by atoms with E-state index in [2.05, 4.69) is 0 Å². The van der Waals surface area contributed by atoms with Gasteiger partial charge >= 0.3 is 0 Å². The molecule has 3 aromatic rings. The summed E-state index contributed by atoms with van der Waals surface area (Å²) in [6.07, 6.45) is 1.83. The minimum atomic E-state index is -4.16. The lowest BCUT2D eigenvalue weighted by Gasteiger charge is -2.36. The van der Waals surface area contributed by atoms with Crippen LogP contribution in [0.2, 0.25) is 5.02 Å². The van der Waals surface area contributed by atoms with Crippen LogP contribution in [0.25, 0.3) is 6.08 Å². The van der Waals surface area contributed by atoms with Gasteiger partial charge in [0.05, 0.1) is 28.8 Å². The van der Waals surface area contributed by atoms with Crippen LogP contribution in [-0.4, -0.2) is 28.1 Å². The molecule has 10 heteroatoms. The summed E-state index contributed by atoms with van der Waals surface area (Å²) in [6, 6.07) is 12.0. The lowest BCUT2D eigenvalue weighted by atomic mass is 9.98. The number of ether oxygens (including phenoxy) is 2. The molecule has 0 aromatic heterocycles. The summed E-state index contributed by atoms with van der Waals surface area (Å²) in [7, 11) is -2.90. The molecule has 2 N–H and O–H groups in total. The highest BCUT2D eigenvalue weighted by atomic mass is 35.5. The summed E-state index contributed by atoms with van der Waals surface area (Å²) < 4.78 is 67.6. The number of methoxy groups -OCH3 is 1. The number of nitrogens with zero attached hydrogens (tertiary/aromatic N) is 1. The monoisotopic (exact) mass is 520 g/mol. The van der Waals surface area contributed by atoms with Gasteiger partial charge in [0.1, 0.15) is 18.2 Å². The van der Waals surface area contributed by atoms with Gasteiger partial charge in [-0.15, -0.1) is 0 Å². The summed E-state index contributed by atoms with van der Waals surface area (Å²) in [5, 5.41) is 0.224. The van der Waals surface area contributed by atoms with Gasteiger partial charge in [0, 0.05) is 24.2 Å². The van der Waals surface area contributed by atoms with Crippen LogP contribution in [0.4, 0.5) is 14.5 Å². The third-order valence-electron chi connectivity index (χ3n) is 5.83. The Morgan fingerprint density at radius 2 is 1.86 bits per heavy atom. The summed E-state index contributed by atoms with van der Waals surface area (Å²) >= 11 is 6.08. The van der Waals surface area contributed by atoms with Crippen molar-refractivity contribution in [3.05, 3.63) is 88.0 Å². The highest BCUT2D eigenvalue weighted by Gasteiger charge is 2.35. The van der Waals surface area contributed by atoms with E-state index in [1.165, 1.54) is 29.6 Å². The van der Waals surface area contributed by atoms with Gasteiger partial charge in [0.15, 0.2) is 11.6 Å². The zero-order valence-electron chi connectivity index (χ0n) is 19.0. The first-order chi connectivity index (χ1) is 16.7. The van der Waals surface area contributed by atoms with E-state index in [1.54, 1.807) is 31.2 Å². The van der Waals surface area contributed by atoms with Crippen molar-refractivity contribution in [1.29, 1.82) is 0 Å². The van der Waals surface area contributed by atoms with E-state index in [0.717, 1.165) is 12.1 Å². The average Bonchev–Trinajstić information content (AvgIpc) is 2.83. The second-order valence-electron chi connectivity index (χ2n) is 7.91. The van der Waals surface area contributed by atoms with Crippen LogP contribution >= 0.6 is 11.6 Å². The van der Waals surface area contributed by atoms with Crippen LogP contribution in [0.1, 0.15) is 18.1 Å². The van der Waals surface area contributed by atoms with Crippen LogP contribution in [0.15, 0.2) is 65.1 Å². The molecule has 3 aromatic carbocycles. The van der Waals surface area contributed by atoms with E-state index in [9.17, 15) is 17.2 Å². The van der Waals surface area contributed by atoms with E-state index in [0.29, 0.717) is 22.6 Å². The molecule has 1 aliphatic heterocycles. The molecule has 1 unspecified atom stereocenters. The third-order valence-corrected chi connectivity index (χ3v) is 8.06. The molecular weight excluding hydrogens is 498 g/mol. The maximum absolute atomic E-state index is 14.1. The molecule has 0 fully saturated rings. The van der Waals surface area contributed by atoms with Crippen molar-refractivity contribution in [2.45, 2.75) is 24.5 Å². The van der Waals surface area contributed by atoms with Gasteiger partial charge in [-0.1, -0.05) is 23.7 Å². The fourth-order valence-electron chi connectivity index (χ4n) is 3.91. The Morgan fingerprint density at radius 3 is 2.54 bits per heavy atom. The van der Waals surface area contributed by atoms with Crippen molar-refractivity contribution in [3.8, 4) is 11.5 Å². The van der Waals surface area contributed by atoms with Crippen molar-refractivity contribution >= 4 is 33.4 Å². The first kappa shape index (κ1) is 25.0. The molecular formula is C25H23ClF2N2O4S. The fraction of sp³-hybridized carbons (Fsp3) is 0.200. The molecule has 0 amide bonds. The van der Waals surface area contributed by atoms with Crippen molar-refractivity contribution in [1.82, 2.24) is 0 Å². The quantitative estimate of drug-likeness (QED) is 0.466. The minimum Gasteiger partial charge on any atom is -0.494 e. The van der Waals surface area contributed by atoms with Crippen molar-refractivity contribution < 1.29 is 26.7 Å². The molecule has 4 rings (SSSR count). The van der Waals surface area contributed by atoms with E-state index >= 15 is 0 Å². The maximum Gasteiger partial charge on any atom is 0.265 e. The molecule has 0 saturated heterocycles. The molecule has 1 heterocycles. The van der Waals surface area contributed by atoms with Crippen molar-refractivity contribution in [3.63, 3.8) is 0 Å². The number of sulfonamides is 1. The molecule has 1 atom stereocenters. The van der Waals surface area contributed by atoms with Crippen LogP contribution in [0.3, 0.4) is 0 Å². The summed E-state index contributed by atoms with van der Waals surface area (Å²) in [4.78, 5) is -0.142. The lowest BCUT2D eigenvalue weighted by molar-refractivity contribution is 0.300. The maximum atomic E-state index is 14.1. The van der Waals surface area contributed by atoms with Gasteiger partial charge in [-0.2, -0.15) is 0 Å². The molecule has 0 bridgehead atoms. The van der Waals surface area contributed by atoms with Gasteiger partial charge in [0.25, 0.3) is 10.0 Å². The van der Waals surface area contributed by atoms with E-state index < -0.39 is 27.7 Å². The van der Waals surface area contributed by atoms with E-state index in [4.69, 9.17) is 26.8 Å². The van der Waals surface area contributed by atoms with Gasteiger partial charge in [-0.3, -0.25) is 4.31 Å². The molecule has 0 aliphatic carbocycles. The second-order valence-corrected chi connectivity index (χ2v) is 10.1. The number of hydrogen-bond donors (Lipinski definition) is 1. The molecule has 35 heavy (non-hydrogen) atoms. The fourth-order valence-corrected chi connectivity index (χ4v) is 5.82. The Bertz CT molecular complexity index is 1390. The second kappa shape index (κ2) is 9.85. The molecule has 0 radical (unpaired) electrons. The number of rotatable bonds is 7. The molecule has 6 nitrogen and oxygen atoms in total. The Hall–Kier alpha value is -3.14. The number of halogens is 3. The van der Waals surface area contributed by atoms with Crippen LogP contribution in [0, 0.1) is 11.6 Å².